The van der Waals surface area contributed by atoms with Gasteiger partial charge in [0.15, 0.2) is 0 Å². The Morgan fingerprint density at radius 1 is 1.42 bits per heavy atom. The second-order valence-corrected chi connectivity index (χ2v) is 3.94. The summed E-state index contributed by atoms with van der Waals surface area (Å²) in [5, 5.41) is 0.943. The first kappa shape index (κ1) is 8.12. The van der Waals surface area contributed by atoms with Gasteiger partial charge in [0.1, 0.15) is 0 Å². The summed E-state index contributed by atoms with van der Waals surface area (Å²) in [5.74, 6) is 1.65. The van der Waals surface area contributed by atoms with E-state index in [-0.39, 0.29) is 0 Å². The predicted molar refractivity (Wildman–Crippen MR) is 52.6 cm³/mol. The number of halogens is 1. The minimum atomic E-state index is 0.753. The van der Waals surface area contributed by atoms with Gasteiger partial charge in [0, 0.05) is 5.02 Å². The quantitative estimate of drug-likeness (QED) is 0.649. The molecule has 1 unspecified atom stereocenters. The predicted octanol–water partition coefficient (Wildman–Crippen LogP) is 3.85. The van der Waals surface area contributed by atoms with E-state index in [1.54, 1.807) is 0 Å². The highest BCUT2D eigenvalue weighted by Gasteiger charge is 2.37. The zero-order valence-electron chi connectivity index (χ0n) is 7.26. The van der Waals surface area contributed by atoms with Gasteiger partial charge in [-0.25, -0.2) is 0 Å². The van der Waals surface area contributed by atoms with Crippen LogP contribution in [0, 0.1) is 5.92 Å². The van der Waals surface area contributed by atoms with Crippen LogP contribution in [0.4, 0.5) is 0 Å². The Balaban J connectivity index is 2.19. The third kappa shape index (κ3) is 1.36. The Kier molecular flexibility index (Phi) is 2.10. The lowest BCUT2D eigenvalue weighted by Crippen LogP contribution is -1.83. The van der Waals surface area contributed by atoms with Crippen molar-refractivity contribution >= 4 is 11.6 Å². The van der Waals surface area contributed by atoms with Gasteiger partial charge in [-0.05, 0) is 29.9 Å². The first-order valence-electron chi connectivity index (χ1n) is 4.57. The zero-order chi connectivity index (χ0) is 8.55. The van der Waals surface area contributed by atoms with Gasteiger partial charge in [-0.2, -0.15) is 0 Å². The summed E-state index contributed by atoms with van der Waals surface area (Å²) < 4.78 is 0. The van der Waals surface area contributed by atoms with Crippen LogP contribution < -0.4 is 0 Å². The topological polar surface area (TPSA) is 0 Å². The molecule has 0 heterocycles. The van der Waals surface area contributed by atoms with Gasteiger partial charge in [-0.15, -0.1) is 0 Å². The Hall–Kier alpha value is -0.490. The van der Waals surface area contributed by atoms with Crippen molar-refractivity contribution in [3.05, 3.63) is 34.9 Å². The van der Waals surface area contributed by atoms with Crippen LogP contribution in [0.25, 0.3) is 0 Å². The fourth-order valence-electron chi connectivity index (χ4n) is 1.86. The van der Waals surface area contributed by atoms with Gasteiger partial charge < -0.3 is 0 Å². The summed E-state index contributed by atoms with van der Waals surface area (Å²) in [6, 6.07) is 8.21. The maximum Gasteiger partial charge on any atom is 0.0440 e. The van der Waals surface area contributed by atoms with Crippen molar-refractivity contribution in [1.29, 1.82) is 0 Å². The van der Waals surface area contributed by atoms with Crippen molar-refractivity contribution in [3.63, 3.8) is 0 Å². The van der Waals surface area contributed by atoms with E-state index in [0.717, 1.165) is 16.9 Å². The van der Waals surface area contributed by atoms with E-state index in [2.05, 4.69) is 19.1 Å². The standard InChI is InChI=1S/C11H13Cl/c1-2-8-7-10(8)9-5-3-4-6-11(9)12/h3-6,8,10H,2,7H2,1H3/t8?,10-/m1/s1. The monoisotopic (exact) mass is 180 g/mol. The second-order valence-electron chi connectivity index (χ2n) is 3.53. The van der Waals surface area contributed by atoms with Gasteiger partial charge in [0.25, 0.3) is 0 Å². The largest absolute Gasteiger partial charge is 0.0840 e. The highest BCUT2D eigenvalue weighted by molar-refractivity contribution is 6.31. The van der Waals surface area contributed by atoms with Crippen LogP contribution in [0.5, 0.6) is 0 Å². The van der Waals surface area contributed by atoms with Crippen molar-refractivity contribution in [1.82, 2.24) is 0 Å². The molecule has 64 valence electrons. The third-order valence-corrected chi connectivity index (χ3v) is 3.10. The van der Waals surface area contributed by atoms with Crippen LogP contribution in [-0.2, 0) is 0 Å². The van der Waals surface area contributed by atoms with E-state index in [1.165, 1.54) is 18.4 Å². The van der Waals surface area contributed by atoms with Gasteiger partial charge in [0.05, 0.1) is 0 Å². The van der Waals surface area contributed by atoms with Gasteiger partial charge >= 0.3 is 0 Å². The fourth-order valence-corrected chi connectivity index (χ4v) is 2.13. The molecule has 2 atom stereocenters. The Morgan fingerprint density at radius 2 is 2.17 bits per heavy atom. The minimum absolute atomic E-state index is 0.753. The molecular weight excluding hydrogens is 168 g/mol. The van der Waals surface area contributed by atoms with E-state index < -0.39 is 0 Å². The Morgan fingerprint density at radius 3 is 2.75 bits per heavy atom. The van der Waals surface area contributed by atoms with Crippen molar-refractivity contribution in [2.24, 2.45) is 5.92 Å². The molecule has 0 N–H and O–H groups in total. The van der Waals surface area contributed by atoms with E-state index in [1.807, 2.05) is 12.1 Å². The summed E-state index contributed by atoms with van der Waals surface area (Å²) in [6.07, 6.45) is 2.62. The first-order valence-corrected chi connectivity index (χ1v) is 4.95. The van der Waals surface area contributed by atoms with Crippen molar-refractivity contribution in [2.75, 3.05) is 0 Å². The molecule has 0 aromatic heterocycles. The average molecular weight is 181 g/mol. The maximum absolute atomic E-state index is 6.08. The highest BCUT2D eigenvalue weighted by Crippen LogP contribution is 2.51. The molecule has 2 rings (SSSR count). The van der Waals surface area contributed by atoms with E-state index in [0.29, 0.717) is 0 Å². The van der Waals surface area contributed by atoms with E-state index in [4.69, 9.17) is 11.6 Å². The van der Waals surface area contributed by atoms with Gasteiger partial charge in [0.2, 0.25) is 0 Å². The summed E-state index contributed by atoms with van der Waals surface area (Å²) in [7, 11) is 0. The number of benzene rings is 1. The Labute approximate surface area is 78.6 Å². The molecule has 1 aliphatic rings. The smallest absolute Gasteiger partial charge is 0.0440 e. The molecule has 1 heteroatoms. The molecular formula is C11H13Cl. The van der Waals surface area contributed by atoms with Crippen molar-refractivity contribution < 1.29 is 0 Å². The molecule has 0 spiro atoms. The molecule has 1 aromatic carbocycles. The lowest BCUT2D eigenvalue weighted by atomic mass is 10.1. The van der Waals surface area contributed by atoms with Crippen LogP contribution in [0.2, 0.25) is 5.02 Å². The summed E-state index contributed by atoms with van der Waals surface area (Å²) in [5.41, 5.74) is 1.35. The normalized spacial score (nSPS) is 27.2. The lowest BCUT2D eigenvalue weighted by molar-refractivity contribution is 0.766. The summed E-state index contributed by atoms with van der Waals surface area (Å²) in [6.45, 7) is 2.25. The van der Waals surface area contributed by atoms with Crippen molar-refractivity contribution in [2.45, 2.75) is 25.7 Å². The molecule has 12 heavy (non-hydrogen) atoms. The second kappa shape index (κ2) is 3.10. The maximum atomic E-state index is 6.08. The molecule has 0 amide bonds. The Bertz CT molecular complexity index is 280. The zero-order valence-corrected chi connectivity index (χ0v) is 8.01. The van der Waals surface area contributed by atoms with Gasteiger partial charge in [-0.1, -0.05) is 43.1 Å². The lowest BCUT2D eigenvalue weighted by Gasteiger charge is -2.01. The van der Waals surface area contributed by atoms with E-state index >= 15 is 0 Å². The SMILES string of the molecule is CCC1C[C@H]1c1ccccc1Cl. The highest BCUT2D eigenvalue weighted by atomic mass is 35.5. The third-order valence-electron chi connectivity index (χ3n) is 2.75. The number of hydrogen-bond donors (Lipinski definition) is 0. The van der Waals surface area contributed by atoms with Crippen LogP contribution >= 0.6 is 11.6 Å². The van der Waals surface area contributed by atoms with Crippen LogP contribution in [0.3, 0.4) is 0 Å². The van der Waals surface area contributed by atoms with Gasteiger partial charge in [-0.3, -0.25) is 0 Å². The summed E-state index contributed by atoms with van der Waals surface area (Å²) >= 11 is 6.08. The molecule has 0 bridgehead atoms. The summed E-state index contributed by atoms with van der Waals surface area (Å²) in [4.78, 5) is 0. The fraction of sp³-hybridized carbons (Fsp3) is 0.455. The molecule has 1 fully saturated rings. The van der Waals surface area contributed by atoms with E-state index in [9.17, 15) is 0 Å². The molecule has 1 aliphatic carbocycles. The number of hydrogen-bond acceptors (Lipinski definition) is 0. The number of rotatable bonds is 2. The van der Waals surface area contributed by atoms with Crippen LogP contribution in [0.1, 0.15) is 31.2 Å². The minimum Gasteiger partial charge on any atom is -0.0840 e. The molecule has 0 radical (unpaired) electrons. The molecule has 0 aliphatic heterocycles. The average Bonchev–Trinajstić information content (AvgIpc) is 2.84. The van der Waals surface area contributed by atoms with Crippen LogP contribution in [0.15, 0.2) is 24.3 Å². The first-order chi connectivity index (χ1) is 5.83. The molecule has 1 saturated carbocycles. The molecule has 0 nitrogen and oxygen atoms in total. The van der Waals surface area contributed by atoms with Crippen molar-refractivity contribution in [3.8, 4) is 0 Å². The van der Waals surface area contributed by atoms with Crippen LogP contribution in [-0.4, -0.2) is 0 Å². The molecule has 1 aromatic rings. The molecule has 0 saturated heterocycles.